The fourth-order valence-electron chi connectivity index (χ4n) is 3.30. The Kier molecular flexibility index (Phi) is 5.39. The Morgan fingerprint density at radius 1 is 1.24 bits per heavy atom. The Labute approximate surface area is 169 Å². The lowest BCUT2D eigenvalue weighted by atomic mass is 10.1. The Hall–Kier alpha value is -2.69. The molecule has 0 amide bonds. The van der Waals surface area contributed by atoms with E-state index in [0.29, 0.717) is 36.8 Å². The van der Waals surface area contributed by atoms with E-state index in [9.17, 15) is 8.42 Å². The number of hydrogen-bond donors (Lipinski definition) is 0. The zero-order valence-electron chi connectivity index (χ0n) is 16.3. The predicted molar refractivity (Wildman–Crippen MR) is 105 cm³/mol. The first-order valence-electron chi connectivity index (χ1n) is 9.37. The van der Waals surface area contributed by atoms with Gasteiger partial charge in [-0.3, -0.25) is 4.68 Å². The molecule has 9 nitrogen and oxygen atoms in total. The summed E-state index contributed by atoms with van der Waals surface area (Å²) in [5, 5.41) is 4.27. The van der Waals surface area contributed by atoms with E-state index in [0.717, 1.165) is 5.56 Å². The van der Waals surface area contributed by atoms with Crippen LogP contribution in [0, 0.1) is 6.92 Å². The molecule has 0 bridgehead atoms. The van der Waals surface area contributed by atoms with Crippen molar-refractivity contribution in [1.29, 1.82) is 0 Å². The van der Waals surface area contributed by atoms with Gasteiger partial charge in [-0.25, -0.2) is 23.4 Å². The second-order valence-electron chi connectivity index (χ2n) is 6.73. The van der Waals surface area contributed by atoms with Crippen LogP contribution in [0.25, 0.3) is 11.3 Å². The molecule has 1 saturated heterocycles. The monoisotopic (exact) mass is 414 g/mol. The highest BCUT2D eigenvalue weighted by molar-refractivity contribution is 7.89. The van der Waals surface area contributed by atoms with E-state index in [1.165, 1.54) is 10.6 Å². The van der Waals surface area contributed by atoms with Crippen molar-refractivity contribution in [2.24, 2.45) is 0 Å². The first kappa shape index (κ1) is 19.6. The number of ether oxygens (including phenoxy) is 1. The molecule has 0 aliphatic carbocycles. The fraction of sp³-hybridized carbons (Fsp3) is 0.368. The minimum Gasteiger partial charge on any atom is -0.369 e. The molecule has 1 aliphatic rings. The van der Waals surface area contributed by atoms with Crippen LogP contribution in [0.1, 0.15) is 24.4 Å². The molecule has 0 N–H and O–H groups in total. The van der Waals surface area contributed by atoms with E-state index in [4.69, 9.17) is 4.74 Å². The molecule has 4 heterocycles. The summed E-state index contributed by atoms with van der Waals surface area (Å²) in [6, 6.07) is 5.58. The van der Waals surface area contributed by atoms with Crippen LogP contribution in [0.5, 0.6) is 0 Å². The molecule has 29 heavy (non-hydrogen) atoms. The van der Waals surface area contributed by atoms with Crippen LogP contribution in [-0.2, 0) is 21.3 Å². The van der Waals surface area contributed by atoms with Gasteiger partial charge in [-0.2, -0.15) is 9.40 Å². The number of hydrogen-bond acceptors (Lipinski definition) is 7. The van der Waals surface area contributed by atoms with Crippen molar-refractivity contribution in [3.05, 3.63) is 54.5 Å². The largest absolute Gasteiger partial charge is 0.369 e. The molecule has 1 aliphatic heterocycles. The molecule has 152 valence electrons. The summed E-state index contributed by atoms with van der Waals surface area (Å²) in [4.78, 5) is 12.9. The summed E-state index contributed by atoms with van der Waals surface area (Å²) >= 11 is 0. The molecule has 0 spiro atoms. The molecule has 0 saturated carbocycles. The molecule has 1 atom stereocenters. The molecular weight excluding hydrogens is 392 g/mol. The molecular formula is C19H22N6O3S. The predicted octanol–water partition coefficient (Wildman–Crippen LogP) is 1.83. The summed E-state index contributed by atoms with van der Waals surface area (Å²) in [6.07, 6.45) is 5.97. The van der Waals surface area contributed by atoms with Crippen LogP contribution in [-0.4, -0.2) is 57.2 Å². The summed E-state index contributed by atoms with van der Waals surface area (Å²) in [5.41, 5.74) is 2.68. The highest BCUT2D eigenvalue weighted by Gasteiger charge is 2.34. The van der Waals surface area contributed by atoms with Crippen molar-refractivity contribution >= 4 is 10.0 Å². The first-order valence-corrected chi connectivity index (χ1v) is 10.8. The Balaban J connectivity index is 1.59. The van der Waals surface area contributed by atoms with E-state index in [1.54, 1.807) is 30.2 Å². The molecule has 1 fully saturated rings. The maximum Gasteiger partial charge on any atom is 0.246 e. The minimum atomic E-state index is -3.66. The van der Waals surface area contributed by atoms with Crippen molar-refractivity contribution in [1.82, 2.24) is 29.0 Å². The fourth-order valence-corrected chi connectivity index (χ4v) is 4.89. The van der Waals surface area contributed by atoms with Crippen molar-refractivity contribution in [2.45, 2.75) is 31.4 Å². The minimum absolute atomic E-state index is 0.195. The summed E-state index contributed by atoms with van der Waals surface area (Å²) in [6.45, 7) is 5.03. The van der Waals surface area contributed by atoms with Gasteiger partial charge in [0.15, 0.2) is 0 Å². The van der Waals surface area contributed by atoms with Gasteiger partial charge in [0, 0.05) is 43.8 Å². The number of pyridine rings is 1. The van der Waals surface area contributed by atoms with Crippen LogP contribution < -0.4 is 0 Å². The lowest BCUT2D eigenvalue weighted by molar-refractivity contribution is -0.00488. The summed E-state index contributed by atoms with van der Waals surface area (Å²) < 4.78 is 35.3. The van der Waals surface area contributed by atoms with Gasteiger partial charge in [0.1, 0.15) is 17.3 Å². The zero-order valence-corrected chi connectivity index (χ0v) is 17.1. The molecule has 0 unspecified atom stereocenters. The molecule has 3 aromatic rings. The average molecular weight is 414 g/mol. The normalized spacial score (nSPS) is 18.1. The SMILES string of the molecule is CCn1cc(S(=O)(=O)N2CCO[C@@H](c3cccc(-c4cncnc4)n3)C2)c(C)n1. The van der Waals surface area contributed by atoms with Gasteiger partial charge in [-0.15, -0.1) is 0 Å². The quantitative estimate of drug-likeness (QED) is 0.627. The van der Waals surface area contributed by atoms with Crippen LogP contribution in [0.3, 0.4) is 0 Å². The van der Waals surface area contributed by atoms with Gasteiger partial charge in [0.05, 0.1) is 23.7 Å². The number of nitrogens with zero attached hydrogens (tertiary/aromatic N) is 6. The number of rotatable bonds is 5. The first-order chi connectivity index (χ1) is 14.0. The molecule has 4 rings (SSSR count). The van der Waals surface area contributed by atoms with Crippen molar-refractivity contribution in [3.8, 4) is 11.3 Å². The van der Waals surface area contributed by atoms with Crippen molar-refractivity contribution in [3.63, 3.8) is 0 Å². The topological polar surface area (TPSA) is 103 Å². The Bertz CT molecular complexity index is 1100. The smallest absolute Gasteiger partial charge is 0.246 e. The number of morpholine rings is 1. The van der Waals surface area contributed by atoms with Crippen LogP contribution in [0.4, 0.5) is 0 Å². The van der Waals surface area contributed by atoms with E-state index < -0.39 is 16.1 Å². The Morgan fingerprint density at radius 2 is 2.03 bits per heavy atom. The second-order valence-corrected chi connectivity index (χ2v) is 8.64. The summed E-state index contributed by atoms with van der Waals surface area (Å²) in [7, 11) is -3.66. The van der Waals surface area contributed by atoms with Crippen LogP contribution >= 0.6 is 0 Å². The van der Waals surface area contributed by atoms with E-state index in [-0.39, 0.29) is 11.4 Å². The van der Waals surface area contributed by atoms with E-state index in [1.807, 2.05) is 25.1 Å². The van der Waals surface area contributed by atoms with E-state index >= 15 is 0 Å². The number of sulfonamides is 1. The van der Waals surface area contributed by atoms with Crippen molar-refractivity contribution in [2.75, 3.05) is 19.7 Å². The maximum absolute atomic E-state index is 13.2. The van der Waals surface area contributed by atoms with Gasteiger partial charge in [-0.1, -0.05) is 6.07 Å². The van der Waals surface area contributed by atoms with Gasteiger partial charge >= 0.3 is 0 Å². The second kappa shape index (κ2) is 7.97. The standard InChI is InChI=1S/C19H22N6O3S/c1-3-24-12-19(14(2)23-24)29(26,27)25-7-8-28-18(11-25)17-6-4-5-16(22-17)15-9-20-13-21-10-15/h4-6,9-10,12-13,18H,3,7-8,11H2,1-2H3/t18-/m1/s1. The Morgan fingerprint density at radius 3 is 2.76 bits per heavy atom. The highest BCUT2D eigenvalue weighted by Crippen LogP contribution is 2.28. The molecule has 10 heteroatoms. The van der Waals surface area contributed by atoms with Crippen LogP contribution in [0.15, 0.2) is 48.0 Å². The molecule has 0 aromatic carbocycles. The number of aromatic nitrogens is 5. The van der Waals surface area contributed by atoms with Crippen LogP contribution in [0.2, 0.25) is 0 Å². The van der Waals surface area contributed by atoms with Gasteiger partial charge < -0.3 is 4.74 Å². The molecule has 3 aromatic heterocycles. The lowest BCUT2D eigenvalue weighted by Gasteiger charge is -2.31. The lowest BCUT2D eigenvalue weighted by Crippen LogP contribution is -2.42. The summed E-state index contributed by atoms with van der Waals surface area (Å²) in [5.74, 6) is 0. The zero-order chi connectivity index (χ0) is 20.4. The third kappa shape index (κ3) is 3.91. The van der Waals surface area contributed by atoms with E-state index in [2.05, 4.69) is 20.1 Å². The third-order valence-electron chi connectivity index (χ3n) is 4.83. The van der Waals surface area contributed by atoms with Gasteiger partial charge in [-0.05, 0) is 26.0 Å². The third-order valence-corrected chi connectivity index (χ3v) is 6.80. The van der Waals surface area contributed by atoms with Crippen molar-refractivity contribution < 1.29 is 13.2 Å². The highest BCUT2D eigenvalue weighted by atomic mass is 32.2. The van der Waals surface area contributed by atoms with Gasteiger partial charge in [0.2, 0.25) is 10.0 Å². The number of aryl methyl sites for hydroxylation is 2. The maximum atomic E-state index is 13.2. The average Bonchev–Trinajstić information content (AvgIpc) is 3.16. The van der Waals surface area contributed by atoms with Gasteiger partial charge in [0.25, 0.3) is 0 Å². The molecule has 0 radical (unpaired) electrons.